The summed E-state index contributed by atoms with van der Waals surface area (Å²) in [5.74, 6) is 0.243. The van der Waals surface area contributed by atoms with Crippen LogP contribution >= 0.6 is 11.8 Å². The summed E-state index contributed by atoms with van der Waals surface area (Å²) >= 11 is 1.54. The number of benzene rings is 3. The smallest absolute Gasteiger partial charge is 0.257 e. The highest BCUT2D eigenvalue weighted by Crippen LogP contribution is 2.38. The van der Waals surface area contributed by atoms with Crippen molar-refractivity contribution < 1.29 is 4.79 Å². The van der Waals surface area contributed by atoms with Crippen LogP contribution in [0.25, 0.3) is 11.0 Å². The highest BCUT2D eigenvalue weighted by Gasteiger charge is 2.22. The molecule has 5 nitrogen and oxygen atoms in total. The third-order valence-electron chi connectivity index (χ3n) is 4.30. The molecular formula is C21H14N4OS. The number of para-hydroxylation sites is 3. The van der Waals surface area contributed by atoms with Crippen LogP contribution in [0.3, 0.4) is 0 Å². The van der Waals surface area contributed by atoms with Crippen LogP contribution in [-0.4, -0.2) is 21.4 Å². The van der Waals surface area contributed by atoms with Gasteiger partial charge in [-0.2, -0.15) is 0 Å². The number of hydrogen-bond acceptors (Lipinski definition) is 4. The fraction of sp³-hybridized carbons (Fsp3) is 0. The lowest BCUT2D eigenvalue weighted by molar-refractivity contribution is 0.0976. The lowest BCUT2D eigenvalue weighted by Crippen LogP contribution is -2.35. The van der Waals surface area contributed by atoms with Crippen molar-refractivity contribution in [3.8, 4) is 0 Å². The molecule has 0 aliphatic carbocycles. The number of carbonyl (C=O) groups excluding carboxylic acids is 1. The van der Waals surface area contributed by atoms with Gasteiger partial charge in [0.05, 0.1) is 16.7 Å². The third-order valence-corrected chi connectivity index (χ3v) is 5.32. The molecule has 1 amide bonds. The summed E-state index contributed by atoms with van der Waals surface area (Å²) in [6.07, 6.45) is 0. The molecule has 0 saturated carbocycles. The minimum Gasteiger partial charge on any atom is -0.291 e. The number of rotatable bonds is 1. The number of hydrogen-bond donors (Lipinski definition) is 1. The second kappa shape index (κ2) is 6.41. The number of imidazole rings is 1. The zero-order valence-electron chi connectivity index (χ0n) is 14.2. The van der Waals surface area contributed by atoms with Crippen molar-refractivity contribution in [1.82, 2.24) is 14.9 Å². The van der Waals surface area contributed by atoms with Gasteiger partial charge in [0.25, 0.3) is 5.91 Å². The maximum atomic E-state index is 12.8. The first kappa shape index (κ1) is 15.8. The number of nitrogens with zero attached hydrogens (tertiary/aromatic N) is 3. The quantitative estimate of drug-likeness (QED) is 0.538. The molecule has 3 aromatic carbocycles. The Morgan fingerprint density at radius 2 is 1.63 bits per heavy atom. The summed E-state index contributed by atoms with van der Waals surface area (Å²) in [5, 5.41) is 3.74. The van der Waals surface area contributed by atoms with Crippen molar-refractivity contribution in [2.75, 3.05) is 0 Å². The topological polar surface area (TPSA) is 59.3 Å². The molecule has 1 aliphatic rings. The first-order chi connectivity index (χ1) is 13.3. The normalized spacial score (nSPS) is 12.7. The SMILES string of the molecule is O=C(NC1=Nc2ccccc2Sc2nc3ccccc3n21)c1ccccc1. The van der Waals surface area contributed by atoms with E-state index >= 15 is 0 Å². The molecule has 0 atom stereocenters. The van der Waals surface area contributed by atoms with Crippen molar-refractivity contribution in [2.45, 2.75) is 10.1 Å². The molecule has 0 spiro atoms. The monoisotopic (exact) mass is 370 g/mol. The van der Waals surface area contributed by atoms with E-state index in [2.05, 4.69) is 5.32 Å². The minimum absolute atomic E-state index is 0.206. The van der Waals surface area contributed by atoms with Crippen LogP contribution in [-0.2, 0) is 0 Å². The van der Waals surface area contributed by atoms with Crippen LogP contribution < -0.4 is 5.32 Å². The zero-order chi connectivity index (χ0) is 18.2. The average Bonchev–Trinajstić information content (AvgIpc) is 2.99. The van der Waals surface area contributed by atoms with Crippen LogP contribution in [0.2, 0.25) is 0 Å². The summed E-state index contributed by atoms with van der Waals surface area (Å²) in [4.78, 5) is 23.3. The first-order valence-corrected chi connectivity index (χ1v) is 9.31. The van der Waals surface area contributed by atoms with E-state index in [1.54, 1.807) is 23.9 Å². The molecule has 0 bridgehead atoms. The zero-order valence-corrected chi connectivity index (χ0v) is 15.0. The highest BCUT2D eigenvalue weighted by atomic mass is 32.2. The Kier molecular flexibility index (Phi) is 3.76. The molecule has 4 aromatic rings. The van der Waals surface area contributed by atoms with Crippen molar-refractivity contribution >= 4 is 40.3 Å². The Hall–Kier alpha value is -3.38. The summed E-state index contributed by atoms with van der Waals surface area (Å²) in [6.45, 7) is 0. The lowest BCUT2D eigenvalue weighted by atomic mass is 10.2. The molecule has 0 fully saturated rings. The van der Waals surface area contributed by atoms with Crippen molar-refractivity contribution in [1.29, 1.82) is 0 Å². The summed E-state index contributed by atoms with van der Waals surface area (Å²) in [6, 6.07) is 24.8. The van der Waals surface area contributed by atoms with Gasteiger partial charge in [-0.1, -0.05) is 42.5 Å². The molecule has 130 valence electrons. The van der Waals surface area contributed by atoms with Crippen molar-refractivity contribution in [3.63, 3.8) is 0 Å². The molecule has 5 rings (SSSR count). The number of amides is 1. The Morgan fingerprint density at radius 1 is 0.889 bits per heavy atom. The maximum Gasteiger partial charge on any atom is 0.257 e. The maximum absolute atomic E-state index is 12.8. The number of carbonyl (C=O) groups is 1. The Balaban J connectivity index is 1.68. The molecule has 0 unspecified atom stereocenters. The van der Waals surface area contributed by atoms with Gasteiger partial charge in [-0.25, -0.2) is 9.98 Å². The minimum atomic E-state index is -0.206. The molecule has 0 saturated heterocycles. The van der Waals surface area contributed by atoms with E-state index in [0.717, 1.165) is 26.8 Å². The number of fused-ring (bicyclic) bond motifs is 4. The van der Waals surface area contributed by atoms with Crippen LogP contribution in [0.1, 0.15) is 10.4 Å². The molecule has 6 heteroatoms. The fourth-order valence-corrected chi connectivity index (χ4v) is 4.00. The third kappa shape index (κ3) is 2.80. The van der Waals surface area contributed by atoms with E-state index in [0.29, 0.717) is 11.5 Å². The standard InChI is InChI=1S/C21H14N4OS/c26-19(14-8-2-1-3-9-14)24-20-22-16-11-5-7-13-18(16)27-21-23-15-10-4-6-12-17(15)25(20)21/h1-13H,(H,22,24,26). The lowest BCUT2D eigenvalue weighted by Gasteiger charge is -2.11. The number of nitrogens with one attached hydrogen (secondary N) is 1. The first-order valence-electron chi connectivity index (χ1n) is 8.49. The van der Waals surface area contributed by atoms with Gasteiger partial charge in [0.1, 0.15) is 0 Å². The van der Waals surface area contributed by atoms with E-state index < -0.39 is 0 Å². The van der Waals surface area contributed by atoms with Gasteiger partial charge in [-0.15, -0.1) is 0 Å². The molecule has 1 aromatic heterocycles. The number of aliphatic imine (C=N–C) groups is 1. The predicted octanol–water partition coefficient (Wildman–Crippen LogP) is 4.47. The molecular weight excluding hydrogens is 356 g/mol. The van der Waals surface area contributed by atoms with Gasteiger partial charge in [0.2, 0.25) is 5.96 Å². The average molecular weight is 370 g/mol. The van der Waals surface area contributed by atoms with Gasteiger partial charge < -0.3 is 0 Å². The van der Waals surface area contributed by atoms with Crippen LogP contribution in [0, 0.1) is 0 Å². The molecule has 27 heavy (non-hydrogen) atoms. The van der Waals surface area contributed by atoms with E-state index in [-0.39, 0.29) is 5.91 Å². The fourth-order valence-electron chi connectivity index (χ4n) is 3.02. The van der Waals surface area contributed by atoms with Gasteiger partial charge in [-0.3, -0.25) is 14.7 Å². The Bertz CT molecular complexity index is 1200. The highest BCUT2D eigenvalue weighted by molar-refractivity contribution is 7.99. The van der Waals surface area contributed by atoms with Gasteiger partial charge in [0, 0.05) is 10.5 Å². The molecule has 0 radical (unpaired) electrons. The van der Waals surface area contributed by atoms with Crippen LogP contribution in [0.4, 0.5) is 5.69 Å². The summed E-state index contributed by atoms with van der Waals surface area (Å²) in [5.41, 5.74) is 3.15. The van der Waals surface area contributed by atoms with E-state index in [1.807, 2.05) is 71.3 Å². The van der Waals surface area contributed by atoms with Gasteiger partial charge in [-0.05, 0) is 48.2 Å². The van der Waals surface area contributed by atoms with E-state index in [4.69, 9.17) is 9.98 Å². The molecule has 1 aliphatic heterocycles. The summed E-state index contributed by atoms with van der Waals surface area (Å²) in [7, 11) is 0. The molecule has 1 N–H and O–H groups in total. The summed E-state index contributed by atoms with van der Waals surface area (Å²) < 4.78 is 1.90. The second-order valence-electron chi connectivity index (χ2n) is 6.04. The van der Waals surface area contributed by atoms with Crippen molar-refractivity contribution in [3.05, 3.63) is 84.4 Å². The molecule has 2 heterocycles. The largest absolute Gasteiger partial charge is 0.291 e. The predicted molar refractivity (Wildman–Crippen MR) is 107 cm³/mol. The van der Waals surface area contributed by atoms with Crippen molar-refractivity contribution in [2.24, 2.45) is 4.99 Å². The van der Waals surface area contributed by atoms with E-state index in [1.165, 1.54) is 0 Å². The van der Waals surface area contributed by atoms with Gasteiger partial charge >= 0.3 is 0 Å². The number of aromatic nitrogens is 2. The Morgan fingerprint density at radius 3 is 2.52 bits per heavy atom. The van der Waals surface area contributed by atoms with Crippen LogP contribution in [0.15, 0.2) is 93.9 Å². The second-order valence-corrected chi connectivity index (χ2v) is 7.05. The van der Waals surface area contributed by atoms with E-state index in [9.17, 15) is 4.79 Å². The van der Waals surface area contributed by atoms with Gasteiger partial charge in [0.15, 0.2) is 5.16 Å². The van der Waals surface area contributed by atoms with Crippen LogP contribution in [0.5, 0.6) is 0 Å². The Labute approximate surface area is 159 Å².